The van der Waals surface area contributed by atoms with E-state index in [2.05, 4.69) is 30.0 Å². The smallest absolute Gasteiger partial charge is 0.257 e. The van der Waals surface area contributed by atoms with Crippen LogP contribution in [0.4, 0.5) is 8.78 Å². The predicted molar refractivity (Wildman–Crippen MR) is 68.5 cm³/mol. The van der Waals surface area contributed by atoms with E-state index in [1.807, 2.05) is 18.2 Å². The molecule has 0 atom stereocenters. The Hall–Kier alpha value is -1.22. The third kappa shape index (κ3) is 1.97. The molecule has 3 rings (SSSR count). The van der Waals surface area contributed by atoms with E-state index in [9.17, 15) is 8.78 Å². The van der Waals surface area contributed by atoms with Crippen LogP contribution in [0.3, 0.4) is 0 Å². The highest BCUT2D eigenvalue weighted by atomic mass is 19.3. The zero-order valence-corrected chi connectivity index (χ0v) is 10.5. The highest BCUT2D eigenvalue weighted by Crippen LogP contribution is 2.65. The molecule has 0 radical (unpaired) electrons. The van der Waals surface area contributed by atoms with E-state index in [1.54, 1.807) is 0 Å². The topological polar surface area (TPSA) is 3.24 Å². The second-order valence-electron chi connectivity index (χ2n) is 5.71. The van der Waals surface area contributed by atoms with E-state index < -0.39 is 11.3 Å². The average molecular weight is 249 g/mol. The zero-order chi connectivity index (χ0) is 12.8. The summed E-state index contributed by atoms with van der Waals surface area (Å²) in [6, 6.07) is 10.1. The minimum atomic E-state index is -2.39. The fourth-order valence-electron chi connectivity index (χ4n) is 2.88. The quantitative estimate of drug-likeness (QED) is 0.793. The largest absolute Gasteiger partial charge is 0.298 e. The summed E-state index contributed by atoms with van der Waals surface area (Å²) >= 11 is 0. The first kappa shape index (κ1) is 11.8. The van der Waals surface area contributed by atoms with Crippen molar-refractivity contribution in [1.29, 1.82) is 0 Å². The Balaban J connectivity index is 1.55. The predicted octanol–water partition coefficient (Wildman–Crippen LogP) is 3.43. The molecule has 96 valence electrons. The molecule has 0 bridgehead atoms. The van der Waals surface area contributed by atoms with E-state index >= 15 is 0 Å². The summed E-state index contributed by atoms with van der Waals surface area (Å²) < 4.78 is 26.1. The minimum Gasteiger partial charge on any atom is -0.298 e. The number of likely N-dealkylation sites (tertiary alicyclic amines) is 1. The standard InChI is InChI=1S/C15H17F2N/c1-12(7-13-5-3-2-4-6-13)8-18-10-14(11-18)9-15(14,16)17/h2-7H,8-11H2,1H3/b12-7+. The fraction of sp³-hybridized carbons (Fsp3) is 0.467. The van der Waals surface area contributed by atoms with E-state index in [0.29, 0.717) is 13.1 Å². The summed E-state index contributed by atoms with van der Waals surface area (Å²) in [5.74, 6) is -2.39. The van der Waals surface area contributed by atoms with Gasteiger partial charge in [-0.2, -0.15) is 0 Å². The van der Waals surface area contributed by atoms with Gasteiger partial charge in [0.1, 0.15) is 0 Å². The molecule has 1 saturated heterocycles. The molecule has 3 heteroatoms. The lowest BCUT2D eigenvalue weighted by atomic mass is 9.95. The number of halogens is 2. The van der Waals surface area contributed by atoms with Crippen molar-refractivity contribution in [3.8, 4) is 0 Å². The molecule has 1 nitrogen and oxygen atoms in total. The van der Waals surface area contributed by atoms with Gasteiger partial charge in [0.05, 0.1) is 5.41 Å². The molecule has 0 amide bonds. The molecule has 1 heterocycles. The van der Waals surface area contributed by atoms with Crippen molar-refractivity contribution >= 4 is 6.08 Å². The van der Waals surface area contributed by atoms with Gasteiger partial charge in [0.15, 0.2) is 0 Å². The molecule has 18 heavy (non-hydrogen) atoms. The van der Waals surface area contributed by atoms with Crippen molar-refractivity contribution in [2.45, 2.75) is 19.3 Å². The van der Waals surface area contributed by atoms with Crippen LogP contribution in [0.1, 0.15) is 18.9 Å². The molecule has 1 spiro atoms. The Morgan fingerprint density at radius 1 is 1.28 bits per heavy atom. The van der Waals surface area contributed by atoms with Crippen molar-refractivity contribution < 1.29 is 8.78 Å². The Bertz CT molecular complexity index is 473. The summed E-state index contributed by atoms with van der Waals surface area (Å²) in [6.07, 6.45) is 2.22. The van der Waals surface area contributed by atoms with Gasteiger partial charge in [0, 0.05) is 26.1 Å². The normalized spacial score (nSPS) is 24.9. The van der Waals surface area contributed by atoms with Crippen LogP contribution in [-0.4, -0.2) is 30.5 Å². The van der Waals surface area contributed by atoms with Crippen LogP contribution >= 0.6 is 0 Å². The van der Waals surface area contributed by atoms with Gasteiger partial charge < -0.3 is 0 Å². The van der Waals surface area contributed by atoms with Crippen LogP contribution in [0.15, 0.2) is 35.9 Å². The van der Waals surface area contributed by atoms with Crippen molar-refractivity contribution in [1.82, 2.24) is 4.90 Å². The Morgan fingerprint density at radius 3 is 2.44 bits per heavy atom. The Morgan fingerprint density at radius 2 is 1.89 bits per heavy atom. The molecule has 1 aromatic rings. The number of nitrogens with zero attached hydrogens (tertiary/aromatic N) is 1. The fourth-order valence-corrected chi connectivity index (χ4v) is 2.88. The third-order valence-corrected chi connectivity index (χ3v) is 3.95. The number of hydrogen-bond donors (Lipinski definition) is 0. The number of hydrogen-bond acceptors (Lipinski definition) is 1. The maximum atomic E-state index is 13.0. The molecule has 1 aliphatic carbocycles. The van der Waals surface area contributed by atoms with Gasteiger partial charge in [-0.25, -0.2) is 8.78 Å². The van der Waals surface area contributed by atoms with Gasteiger partial charge in [-0.3, -0.25) is 4.90 Å². The SMILES string of the molecule is C/C(=C\c1ccccc1)CN1CC2(C1)CC2(F)F. The van der Waals surface area contributed by atoms with E-state index in [4.69, 9.17) is 0 Å². The van der Waals surface area contributed by atoms with Gasteiger partial charge >= 0.3 is 0 Å². The van der Waals surface area contributed by atoms with E-state index in [1.165, 1.54) is 11.1 Å². The first-order chi connectivity index (χ1) is 8.51. The van der Waals surface area contributed by atoms with Crippen molar-refractivity contribution in [3.05, 3.63) is 41.5 Å². The lowest BCUT2D eigenvalue weighted by Gasteiger charge is -2.40. The highest BCUT2D eigenvalue weighted by Gasteiger charge is 2.75. The van der Waals surface area contributed by atoms with Crippen LogP contribution in [0.5, 0.6) is 0 Å². The molecule has 2 aliphatic rings. The lowest BCUT2D eigenvalue weighted by molar-refractivity contribution is -0.0197. The molecule has 1 aliphatic heterocycles. The summed E-state index contributed by atoms with van der Waals surface area (Å²) in [5.41, 5.74) is 1.74. The summed E-state index contributed by atoms with van der Waals surface area (Å²) in [5, 5.41) is 0. The highest BCUT2D eigenvalue weighted by molar-refractivity contribution is 5.52. The minimum absolute atomic E-state index is 0.0952. The van der Waals surface area contributed by atoms with Crippen molar-refractivity contribution in [3.63, 3.8) is 0 Å². The molecule has 1 aromatic carbocycles. The van der Waals surface area contributed by atoms with Crippen LogP contribution in [0.2, 0.25) is 0 Å². The van der Waals surface area contributed by atoms with Crippen LogP contribution in [0.25, 0.3) is 6.08 Å². The van der Waals surface area contributed by atoms with Crippen LogP contribution in [0, 0.1) is 5.41 Å². The molecular formula is C15H17F2N. The number of benzene rings is 1. The molecule has 2 fully saturated rings. The monoisotopic (exact) mass is 249 g/mol. The molecule has 0 N–H and O–H groups in total. The van der Waals surface area contributed by atoms with Gasteiger partial charge in [-0.15, -0.1) is 0 Å². The van der Waals surface area contributed by atoms with Crippen LogP contribution in [-0.2, 0) is 0 Å². The van der Waals surface area contributed by atoms with E-state index in [-0.39, 0.29) is 6.42 Å². The maximum Gasteiger partial charge on any atom is 0.257 e. The average Bonchev–Trinajstić information content (AvgIpc) is 2.82. The van der Waals surface area contributed by atoms with Crippen molar-refractivity contribution in [2.75, 3.05) is 19.6 Å². The second kappa shape index (κ2) is 3.89. The first-order valence-electron chi connectivity index (χ1n) is 6.33. The Labute approximate surface area is 106 Å². The van der Waals surface area contributed by atoms with Gasteiger partial charge in [-0.05, 0) is 12.5 Å². The molecule has 0 unspecified atom stereocenters. The molecular weight excluding hydrogens is 232 g/mol. The summed E-state index contributed by atoms with van der Waals surface area (Å²) in [6.45, 7) is 3.97. The summed E-state index contributed by atoms with van der Waals surface area (Å²) in [4.78, 5) is 2.11. The second-order valence-corrected chi connectivity index (χ2v) is 5.71. The third-order valence-electron chi connectivity index (χ3n) is 3.95. The number of rotatable bonds is 3. The van der Waals surface area contributed by atoms with Crippen molar-refractivity contribution in [2.24, 2.45) is 5.41 Å². The summed E-state index contributed by atoms with van der Waals surface area (Å²) in [7, 11) is 0. The van der Waals surface area contributed by atoms with Gasteiger partial charge in [-0.1, -0.05) is 42.0 Å². The molecule has 1 saturated carbocycles. The number of alkyl halides is 2. The maximum absolute atomic E-state index is 13.0. The molecule has 0 aromatic heterocycles. The lowest BCUT2D eigenvalue weighted by Crippen LogP contribution is -2.51. The van der Waals surface area contributed by atoms with Gasteiger partial charge in [0.25, 0.3) is 5.92 Å². The Kier molecular flexibility index (Phi) is 2.56. The van der Waals surface area contributed by atoms with Gasteiger partial charge in [0.2, 0.25) is 0 Å². The van der Waals surface area contributed by atoms with E-state index in [0.717, 1.165) is 6.54 Å². The van der Waals surface area contributed by atoms with Crippen LogP contribution < -0.4 is 0 Å². The zero-order valence-electron chi connectivity index (χ0n) is 10.5. The first-order valence-corrected chi connectivity index (χ1v) is 6.33.